The van der Waals surface area contributed by atoms with Crippen molar-refractivity contribution in [3.63, 3.8) is 0 Å². The molecule has 1 heterocycles. The zero-order chi connectivity index (χ0) is 21.3. The highest BCUT2D eigenvalue weighted by Crippen LogP contribution is 2.31. The van der Waals surface area contributed by atoms with Crippen molar-refractivity contribution in [3.8, 4) is 5.75 Å². The van der Waals surface area contributed by atoms with E-state index in [2.05, 4.69) is 5.32 Å². The molecule has 7 heteroatoms. The number of rotatable bonds is 5. The summed E-state index contributed by atoms with van der Waals surface area (Å²) >= 11 is 0. The molecule has 1 N–H and O–H groups in total. The maximum atomic E-state index is 13.4. The van der Waals surface area contributed by atoms with E-state index in [4.69, 9.17) is 4.74 Å². The second-order valence-electron chi connectivity index (χ2n) is 7.42. The number of anilines is 1. The van der Waals surface area contributed by atoms with Crippen LogP contribution in [0.25, 0.3) is 10.8 Å². The predicted molar refractivity (Wildman–Crippen MR) is 117 cm³/mol. The van der Waals surface area contributed by atoms with Gasteiger partial charge in [0.05, 0.1) is 12.0 Å². The third-order valence-electron chi connectivity index (χ3n) is 5.54. The Morgan fingerprint density at radius 2 is 1.87 bits per heavy atom. The molecule has 1 amide bonds. The van der Waals surface area contributed by atoms with E-state index in [1.54, 1.807) is 19.1 Å². The fraction of sp³-hybridized carbons (Fsp3) is 0.261. The minimum atomic E-state index is -3.84. The quantitative estimate of drug-likeness (QED) is 0.673. The Bertz CT molecular complexity index is 1200. The lowest BCUT2D eigenvalue weighted by Crippen LogP contribution is -2.43. The number of fused-ring (bicyclic) bond motifs is 1. The van der Waals surface area contributed by atoms with Crippen molar-refractivity contribution in [1.82, 2.24) is 4.31 Å². The van der Waals surface area contributed by atoms with Crippen molar-refractivity contribution in [2.45, 2.75) is 30.7 Å². The number of methoxy groups -OCH3 is 1. The van der Waals surface area contributed by atoms with E-state index < -0.39 is 16.1 Å². The number of nitrogens with zero attached hydrogens (tertiary/aromatic N) is 1. The minimum absolute atomic E-state index is 0.173. The SMILES string of the molecule is COc1ccc(C)c(S(=O)(=O)N2CCC[C@H]2C(=O)Nc2cccc3ccccc23)c1. The van der Waals surface area contributed by atoms with Gasteiger partial charge < -0.3 is 10.1 Å². The summed E-state index contributed by atoms with van der Waals surface area (Å²) in [6.45, 7) is 2.06. The molecule has 0 aromatic heterocycles. The highest BCUT2D eigenvalue weighted by Gasteiger charge is 2.40. The Labute approximate surface area is 176 Å². The van der Waals surface area contributed by atoms with Crippen LogP contribution >= 0.6 is 0 Å². The van der Waals surface area contributed by atoms with Gasteiger partial charge >= 0.3 is 0 Å². The zero-order valence-electron chi connectivity index (χ0n) is 17.0. The number of sulfonamides is 1. The molecular weight excluding hydrogens is 400 g/mol. The molecular formula is C23H24N2O4S. The molecule has 1 aliphatic heterocycles. The Balaban J connectivity index is 1.64. The number of amides is 1. The molecule has 0 bridgehead atoms. The van der Waals surface area contributed by atoms with Gasteiger partial charge in [0, 0.05) is 23.7 Å². The van der Waals surface area contributed by atoms with E-state index in [-0.39, 0.29) is 10.8 Å². The third kappa shape index (κ3) is 3.66. The predicted octanol–water partition coefficient (Wildman–Crippen LogP) is 3.95. The van der Waals surface area contributed by atoms with Gasteiger partial charge in [-0.15, -0.1) is 0 Å². The van der Waals surface area contributed by atoms with Gasteiger partial charge in [0.15, 0.2) is 0 Å². The van der Waals surface area contributed by atoms with Crippen LogP contribution in [0.4, 0.5) is 5.69 Å². The number of carbonyl (C=O) groups is 1. The average Bonchev–Trinajstić information content (AvgIpc) is 3.25. The lowest BCUT2D eigenvalue weighted by molar-refractivity contribution is -0.119. The number of ether oxygens (including phenoxy) is 1. The Morgan fingerprint density at radius 1 is 1.10 bits per heavy atom. The van der Waals surface area contributed by atoms with Crippen LogP contribution in [0.15, 0.2) is 65.6 Å². The van der Waals surface area contributed by atoms with Crippen molar-refractivity contribution in [1.29, 1.82) is 0 Å². The van der Waals surface area contributed by atoms with Gasteiger partial charge in [-0.2, -0.15) is 4.31 Å². The summed E-state index contributed by atoms with van der Waals surface area (Å²) in [4.78, 5) is 13.3. The number of hydrogen-bond acceptors (Lipinski definition) is 4. The van der Waals surface area contributed by atoms with Crippen molar-refractivity contribution in [2.75, 3.05) is 19.0 Å². The van der Waals surface area contributed by atoms with E-state index in [9.17, 15) is 13.2 Å². The number of carbonyl (C=O) groups excluding carboxylic acids is 1. The lowest BCUT2D eigenvalue weighted by Gasteiger charge is -2.24. The van der Waals surface area contributed by atoms with E-state index in [1.807, 2.05) is 42.5 Å². The number of hydrogen-bond donors (Lipinski definition) is 1. The fourth-order valence-corrected chi connectivity index (χ4v) is 5.85. The van der Waals surface area contributed by atoms with Crippen molar-refractivity contribution in [2.24, 2.45) is 0 Å². The van der Waals surface area contributed by atoms with Gasteiger partial charge in [-0.05, 0) is 42.8 Å². The second kappa shape index (κ2) is 8.08. The molecule has 156 valence electrons. The van der Waals surface area contributed by atoms with E-state index in [0.717, 1.165) is 10.8 Å². The van der Waals surface area contributed by atoms with Crippen LogP contribution < -0.4 is 10.1 Å². The molecule has 0 aliphatic carbocycles. The maximum absolute atomic E-state index is 13.4. The first-order valence-electron chi connectivity index (χ1n) is 9.87. The number of nitrogens with one attached hydrogen (secondary N) is 1. The average molecular weight is 425 g/mol. The van der Waals surface area contributed by atoms with Crippen molar-refractivity contribution >= 4 is 32.4 Å². The monoisotopic (exact) mass is 424 g/mol. The van der Waals surface area contributed by atoms with Crippen LogP contribution in [0.3, 0.4) is 0 Å². The lowest BCUT2D eigenvalue weighted by atomic mass is 10.1. The number of benzene rings is 3. The molecule has 1 saturated heterocycles. The molecule has 3 aromatic rings. The van der Waals surface area contributed by atoms with Crippen LogP contribution in [0.5, 0.6) is 5.75 Å². The number of aryl methyl sites for hydroxylation is 1. The summed E-state index contributed by atoms with van der Waals surface area (Å²) in [7, 11) is -2.34. The standard InChI is InChI=1S/C23H24N2O4S/c1-16-12-13-18(29-2)15-22(16)30(27,28)25-14-6-11-21(25)23(26)24-20-10-5-8-17-7-3-4-9-19(17)20/h3-5,7-10,12-13,15,21H,6,11,14H2,1-2H3,(H,24,26)/t21-/m0/s1. The van der Waals surface area contributed by atoms with Crippen LogP contribution in [-0.4, -0.2) is 38.3 Å². The summed E-state index contributed by atoms with van der Waals surface area (Å²) in [5.74, 6) is 0.156. The van der Waals surface area contributed by atoms with Gasteiger partial charge in [0.1, 0.15) is 11.8 Å². The van der Waals surface area contributed by atoms with Gasteiger partial charge in [-0.1, -0.05) is 42.5 Å². The van der Waals surface area contributed by atoms with E-state index in [1.165, 1.54) is 17.5 Å². The zero-order valence-corrected chi connectivity index (χ0v) is 17.8. The first-order chi connectivity index (χ1) is 14.4. The first kappa shape index (κ1) is 20.4. The molecule has 6 nitrogen and oxygen atoms in total. The Kier molecular flexibility index (Phi) is 5.49. The highest BCUT2D eigenvalue weighted by atomic mass is 32.2. The molecule has 1 aliphatic rings. The largest absolute Gasteiger partial charge is 0.497 e. The molecule has 1 fully saturated rings. The molecule has 1 atom stereocenters. The summed E-state index contributed by atoms with van der Waals surface area (Å²) in [6.07, 6.45) is 1.12. The topological polar surface area (TPSA) is 75.7 Å². The second-order valence-corrected chi connectivity index (χ2v) is 9.28. The molecule has 0 saturated carbocycles. The molecule has 3 aromatic carbocycles. The molecule has 4 rings (SSSR count). The summed E-state index contributed by atoms with van der Waals surface area (Å²) in [6, 6.07) is 17.7. The Morgan fingerprint density at radius 3 is 2.67 bits per heavy atom. The maximum Gasteiger partial charge on any atom is 0.244 e. The van der Waals surface area contributed by atoms with E-state index >= 15 is 0 Å². The van der Waals surface area contributed by atoms with Gasteiger partial charge in [0.2, 0.25) is 15.9 Å². The summed E-state index contributed by atoms with van der Waals surface area (Å²) in [5, 5.41) is 4.88. The van der Waals surface area contributed by atoms with E-state index in [0.29, 0.717) is 36.4 Å². The van der Waals surface area contributed by atoms with Crippen LogP contribution in [-0.2, 0) is 14.8 Å². The molecule has 0 radical (unpaired) electrons. The third-order valence-corrected chi connectivity index (χ3v) is 7.59. The summed E-state index contributed by atoms with van der Waals surface area (Å²) < 4.78 is 33.3. The molecule has 0 spiro atoms. The summed E-state index contributed by atoms with van der Waals surface area (Å²) in [5.41, 5.74) is 1.30. The van der Waals surface area contributed by atoms with Crippen LogP contribution in [0.1, 0.15) is 18.4 Å². The van der Waals surface area contributed by atoms with Crippen molar-refractivity contribution < 1.29 is 17.9 Å². The fourth-order valence-electron chi connectivity index (χ4n) is 3.95. The van der Waals surface area contributed by atoms with Gasteiger partial charge in [-0.3, -0.25) is 4.79 Å². The van der Waals surface area contributed by atoms with Gasteiger partial charge in [0.25, 0.3) is 0 Å². The highest BCUT2D eigenvalue weighted by molar-refractivity contribution is 7.89. The molecule has 0 unspecified atom stereocenters. The normalized spacial score (nSPS) is 17.2. The van der Waals surface area contributed by atoms with Crippen LogP contribution in [0.2, 0.25) is 0 Å². The minimum Gasteiger partial charge on any atom is -0.497 e. The first-order valence-corrected chi connectivity index (χ1v) is 11.3. The smallest absolute Gasteiger partial charge is 0.244 e. The Hall–Kier alpha value is -2.90. The van der Waals surface area contributed by atoms with Gasteiger partial charge in [-0.25, -0.2) is 8.42 Å². The van der Waals surface area contributed by atoms with Crippen LogP contribution in [0, 0.1) is 6.92 Å². The molecule has 30 heavy (non-hydrogen) atoms. The van der Waals surface area contributed by atoms with Crippen molar-refractivity contribution in [3.05, 3.63) is 66.2 Å².